The molecule has 1 aromatic carbocycles. The summed E-state index contributed by atoms with van der Waals surface area (Å²) in [5.41, 5.74) is 4.05. The maximum Gasteiger partial charge on any atom is 0.418 e. The first-order chi connectivity index (χ1) is 8.34. The number of halogens is 3. The Morgan fingerprint density at radius 1 is 1.44 bits per heavy atom. The van der Waals surface area contributed by atoms with Crippen LogP contribution in [0.5, 0.6) is 0 Å². The number of anilines is 2. The van der Waals surface area contributed by atoms with E-state index >= 15 is 0 Å². The number of nitrogen functional groups attached to an aromatic ring is 1. The summed E-state index contributed by atoms with van der Waals surface area (Å²) < 4.78 is 37.7. The van der Waals surface area contributed by atoms with Crippen molar-refractivity contribution in [2.24, 2.45) is 0 Å². The van der Waals surface area contributed by atoms with Crippen LogP contribution in [0.2, 0.25) is 0 Å². The Hall–Kier alpha value is -1.37. The fraction of sp³-hybridized carbons (Fsp3) is 0.364. The van der Waals surface area contributed by atoms with Crippen LogP contribution >= 0.6 is 11.8 Å². The van der Waals surface area contributed by atoms with Crippen molar-refractivity contribution in [3.63, 3.8) is 0 Å². The van der Waals surface area contributed by atoms with Gasteiger partial charge in [-0.05, 0) is 24.5 Å². The smallest absolute Gasteiger partial charge is 0.398 e. The van der Waals surface area contributed by atoms with E-state index in [1.54, 1.807) is 0 Å². The van der Waals surface area contributed by atoms with E-state index in [9.17, 15) is 18.0 Å². The van der Waals surface area contributed by atoms with Crippen molar-refractivity contribution < 1.29 is 18.0 Å². The number of nitrogens with two attached hydrogens (primary N) is 1. The molecular weight excluding hydrogens is 265 g/mol. The Morgan fingerprint density at radius 3 is 2.67 bits per heavy atom. The van der Waals surface area contributed by atoms with Crippen molar-refractivity contribution >= 4 is 29.0 Å². The molecule has 100 valence electrons. The molecule has 0 fully saturated rings. The monoisotopic (exact) mass is 278 g/mol. The Balaban J connectivity index is 2.83. The van der Waals surface area contributed by atoms with E-state index in [-0.39, 0.29) is 23.7 Å². The van der Waals surface area contributed by atoms with Gasteiger partial charge in [-0.3, -0.25) is 4.79 Å². The highest BCUT2D eigenvalue weighted by Gasteiger charge is 2.33. The highest BCUT2D eigenvalue weighted by molar-refractivity contribution is 7.98. The molecule has 1 aromatic rings. The SMILES string of the molecule is CSCCC(=O)Nc1ccc(N)c(C(F)(F)F)c1. The van der Waals surface area contributed by atoms with Crippen LogP contribution in [0, 0.1) is 0 Å². The number of benzene rings is 1. The predicted molar refractivity (Wildman–Crippen MR) is 67.5 cm³/mol. The highest BCUT2D eigenvalue weighted by Crippen LogP contribution is 2.35. The van der Waals surface area contributed by atoms with Crippen LogP contribution in [-0.4, -0.2) is 17.9 Å². The van der Waals surface area contributed by atoms with Gasteiger partial charge in [-0.1, -0.05) is 0 Å². The zero-order chi connectivity index (χ0) is 13.8. The van der Waals surface area contributed by atoms with Crippen LogP contribution in [0.15, 0.2) is 18.2 Å². The third kappa shape index (κ3) is 4.14. The van der Waals surface area contributed by atoms with Crippen LogP contribution in [0.4, 0.5) is 24.5 Å². The number of thioether (sulfide) groups is 1. The summed E-state index contributed by atoms with van der Waals surface area (Å²) in [6, 6.07) is 3.32. The van der Waals surface area contributed by atoms with Gasteiger partial charge in [0.2, 0.25) is 5.91 Å². The van der Waals surface area contributed by atoms with Gasteiger partial charge in [0, 0.05) is 23.5 Å². The largest absolute Gasteiger partial charge is 0.418 e. The van der Waals surface area contributed by atoms with E-state index in [0.717, 1.165) is 12.1 Å². The lowest BCUT2D eigenvalue weighted by Crippen LogP contribution is -2.14. The van der Waals surface area contributed by atoms with Crippen molar-refractivity contribution in [2.75, 3.05) is 23.1 Å². The fourth-order valence-electron chi connectivity index (χ4n) is 1.30. The van der Waals surface area contributed by atoms with E-state index < -0.39 is 11.7 Å². The number of alkyl halides is 3. The van der Waals surface area contributed by atoms with Gasteiger partial charge in [-0.2, -0.15) is 24.9 Å². The molecule has 0 atom stereocenters. The molecule has 0 bridgehead atoms. The number of rotatable bonds is 4. The minimum absolute atomic E-state index is 0.0997. The Morgan fingerprint density at radius 2 is 2.11 bits per heavy atom. The van der Waals surface area contributed by atoms with Crippen LogP contribution in [0.25, 0.3) is 0 Å². The molecule has 18 heavy (non-hydrogen) atoms. The van der Waals surface area contributed by atoms with Gasteiger partial charge >= 0.3 is 6.18 Å². The zero-order valence-corrected chi connectivity index (χ0v) is 10.5. The summed E-state index contributed by atoms with van der Waals surface area (Å²) in [4.78, 5) is 11.4. The van der Waals surface area contributed by atoms with Crippen molar-refractivity contribution in [2.45, 2.75) is 12.6 Å². The lowest BCUT2D eigenvalue weighted by atomic mass is 10.1. The molecule has 0 saturated heterocycles. The zero-order valence-electron chi connectivity index (χ0n) is 9.67. The van der Waals surface area contributed by atoms with Crippen molar-refractivity contribution in [1.82, 2.24) is 0 Å². The Kier molecular flexibility index (Phi) is 4.89. The molecule has 0 unspecified atom stereocenters. The molecule has 0 aliphatic carbocycles. The second-order valence-corrected chi connectivity index (χ2v) is 4.58. The predicted octanol–water partition coefficient (Wildman–Crippen LogP) is 2.98. The Labute approximate surface area is 107 Å². The molecule has 0 heterocycles. The molecule has 0 aromatic heterocycles. The first kappa shape index (κ1) is 14.7. The molecule has 7 heteroatoms. The Bertz CT molecular complexity index is 435. The summed E-state index contributed by atoms with van der Waals surface area (Å²) in [6.45, 7) is 0. The lowest BCUT2D eigenvalue weighted by Gasteiger charge is -2.12. The quantitative estimate of drug-likeness (QED) is 0.832. The molecule has 3 N–H and O–H groups in total. The number of hydrogen-bond acceptors (Lipinski definition) is 3. The number of hydrogen-bond donors (Lipinski definition) is 2. The topological polar surface area (TPSA) is 55.1 Å². The fourth-order valence-corrected chi connectivity index (χ4v) is 1.69. The lowest BCUT2D eigenvalue weighted by molar-refractivity contribution is -0.136. The summed E-state index contributed by atoms with van der Waals surface area (Å²) in [5.74, 6) is 0.301. The van der Waals surface area contributed by atoms with Gasteiger partial charge in [0.1, 0.15) is 0 Å². The van der Waals surface area contributed by atoms with E-state index in [4.69, 9.17) is 5.73 Å². The number of carbonyl (C=O) groups excluding carboxylic acids is 1. The van der Waals surface area contributed by atoms with E-state index in [1.807, 2.05) is 6.26 Å². The van der Waals surface area contributed by atoms with Crippen LogP contribution < -0.4 is 11.1 Å². The van der Waals surface area contributed by atoms with Crippen molar-refractivity contribution in [3.05, 3.63) is 23.8 Å². The minimum atomic E-state index is -4.52. The summed E-state index contributed by atoms with van der Waals surface area (Å²) in [7, 11) is 0. The molecule has 0 saturated carbocycles. The molecule has 0 aliphatic rings. The molecular formula is C11H13F3N2OS. The van der Waals surface area contributed by atoms with Gasteiger partial charge in [0.15, 0.2) is 0 Å². The van der Waals surface area contributed by atoms with Crippen molar-refractivity contribution in [3.8, 4) is 0 Å². The summed E-state index contributed by atoms with van der Waals surface area (Å²) in [6.07, 6.45) is -2.42. The van der Waals surface area contributed by atoms with Gasteiger partial charge in [-0.15, -0.1) is 0 Å². The first-order valence-electron chi connectivity index (χ1n) is 5.10. The van der Waals surface area contributed by atoms with E-state index in [0.29, 0.717) is 5.75 Å². The summed E-state index contributed by atoms with van der Waals surface area (Å²) in [5, 5.41) is 2.41. The molecule has 0 spiro atoms. The molecule has 1 rings (SSSR count). The van der Waals surface area contributed by atoms with Crippen molar-refractivity contribution in [1.29, 1.82) is 0 Å². The number of carbonyl (C=O) groups is 1. The third-order valence-corrected chi connectivity index (χ3v) is 2.79. The van der Waals surface area contributed by atoms with Crippen LogP contribution in [-0.2, 0) is 11.0 Å². The van der Waals surface area contributed by atoms with E-state index in [2.05, 4.69) is 5.32 Å². The molecule has 3 nitrogen and oxygen atoms in total. The van der Waals surface area contributed by atoms with Crippen LogP contribution in [0.3, 0.4) is 0 Å². The summed E-state index contributed by atoms with van der Waals surface area (Å²) >= 11 is 1.49. The highest BCUT2D eigenvalue weighted by atomic mass is 32.2. The molecule has 0 aliphatic heterocycles. The van der Waals surface area contributed by atoms with Gasteiger partial charge in [0.25, 0.3) is 0 Å². The van der Waals surface area contributed by atoms with E-state index in [1.165, 1.54) is 17.8 Å². The van der Waals surface area contributed by atoms with Crippen LogP contribution in [0.1, 0.15) is 12.0 Å². The number of nitrogens with one attached hydrogen (secondary N) is 1. The normalized spacial score (nSPS) is 11.3. The molecule has 0 radical (unpaired) electrons. The van der Waals surface area contributed by atoms with Gasteiger partial charge in [0.05, 0.1) is 5.56 Å². The van der Waals surface area contributed by atoms with Gasteiger partial charge in [-0.25, -0.2) is 0 Å². The second kappa shape index (κ2) is 5.99. The first-order valence-corrected chi connectivity index (χ1v) is 6.49. The maximum absolute atomic E-state index is 12.6. The second-order valence-electron chi connectivity index (χ2n) is 3.59. The van der Waals surface area contributed by atoms with Gasteiger partial charge < -0.3 is 11.1 Å². The molecule has 1 amide bonds. The number of amides is 1. The maximum atomic E-state index is 12.6. The average Bonchev–Trinajstić information content (AvgIpc) is 2.27. The minimum Gasteiger partial charge on any atom is -0.398 e. The third-order valence-electron chi connectivity index (χ3n) is 2.18. The standard InChI is InChI=1S/C11H13F3N2OS/c1-18-5-4-10(17)16-7-2-3-9(15)8(6-7)11(12,13)14/h2-3,6H,4-5,15H2,1H3,(H,16,17). The average molecular weight is 278 g/mol.